The van der Waals surface area contributed by atoms with Gasteiger partial charge in [-0.15, -0.1) is 0 Å². The summed E-state index contributed by atoms with van der Waals surface area (Å²) in [7, 11) is 0. The first kappa shape index (κ1) is 17.5. The number of nitrogens with one attached hydrogen (secondary N) is 2. The van der Waals surface area contributed by atoms with Crippen molar-refractivity contribution in [1.82, 2.24) is 15.4 Å². The Morgan fingerprint density at radius 2 is 1.61 bits per heavy atom. The summed E-state index contributed by atoms with van der Waals surface area (Å²) in [4.78, 5) is 36.7. The number of carbonyl (C=O) groups is 2. The first-order valence-electron chi connectivity index (χ1n) is 10.2. The molecule has 0 unspecified atom stereocenters. The third-order valence-electron chi connectivity index (χ3n) is 6.92. The maximum absolute atomic E-state index is 12.5. The Kier molecular flexibility index (Phi) is 4.07. The lowest BCUT2D eigenvalue weighted by Crippen LogP contribution is -2.50. The van der Waals surface area contributed by atoms with E-state index in [0.29, 0.717) is 17.5 Å². The van der Waals surface area contributed by atoms with E-state index in [-0.39, 0.29) is 17.9 Å². The second-order valence-electron chi connectivity index (χ2n) is 9.11. The molecule has 0 atom stereocenters. The highest BCUT2D eigenvalue weighted by molar-refractivity contribution is 5.83. The molecule has 7 heteroatoms. The zero-order valence-corrected chi connectivity index (χ0v) is 15.8. The number of hydrogen-bond donors (Lipinski definition) is 2. The summed E-state index contributed by atoms with van der Waals surface area (Å²) in [6.45, 7) is -0.201. The van der Waals surface area contributed by atoms with Crippen molar-refractivity contribution >= 4 is 22.9 Å². The van der Waals surface area contributed by atoms with Crippen LogP contribution in [-0.2, 0) is 16.1 Å². The molecule has 2 amide bonds. The smallest absolute Gasteiger partial charge is 0.408 e. The number of hydrazine groups is 1. The third-order valence-corrected chi connectivity index (χ3v) is 6.92. The van der Waals surface area contributed by atoms with Crippen molar-refractivity contribution in [3.8, 4) is 0 Å². The molecule has 148 valence electrons. The van der Waals surface area contributed by atoms with E-state index in [1.54, 1.807) is 24.3 Å². The number of amides is 2. The van der Waals surface area contributed by atoms with Crippen LogP contribution in [0.2, 0.25) is 0 Å². The van der Waals surface area contributed by atoms with Gasteiger partial charge >= 0.3 is 5.76 Å². The highest BCUT2D eigenvalue weighted by Gasteiger charge is 2.51. The minimum absolute atomic E-state index is 0.126. The van der Waals surface area contributed by atoms with Crippen molar-refractivity contribution in [1.29, 1.82) is 0 Å². The number of para-hydroxylation sites is 2. The topological polar surface area (TPSA) is 93.3 Å². The Balaban J connectivity index is 1.18. The van der Waals surface area contributed by atoms with Gasteiger partial charge in [0.25, 0.3) is 5.91 Å². The van der Waals surface area contributed by atoms with Crippen molar-refractivity contribution in [2.75, 3.05) is 0 Å². The minimum atomic E-state index is -0.587. The molecule has 0 spiro atoms. The van der Waals surface area contributed by atoms with Crippen LogP contribution in [0.15, 0.2) is 33.5 Å². The molecule has 4 aliphatic carbocycles. The fraction of sp³-hybridized carbons (Fsp3) is 0.571. The van der Waals surface area contributed by atoms with Crippen LogP contribution < -0.4 is 16.6 Å². The standard InChI is InChI=1S/C21H25N3O4/c25-18(11-21-8-13-5-14(9-21)7-15(6-13)10-21)22-23-19(26)12-24-16-3-1-2-4-17(16)28-20(24)27/h1-4,13-15H,5-12H2,(H,22,25)(H,23,26). The van der Waals surface area contributed by atoms with Crippen molar-refractivity contribution in [2.45, 2.75) is 51.5 Å². The van der Waals surface area contributed by atoms with E-state index in [9.17, 15) is 14.4 Å². The van der Waals surface area contributed by atoms with E-state index in [4.69, 9.17) is 4.42 Å². The second-order valence-corrected chi connectivity index (χ2v) is 9.11. The zero-order chi connectivity index (χ0) is 19.3. The Hall–Kier alpha value is -2.57. The van der Waals surface area contributed by atoms with Crippen LogP contribution in [-0.4, -0.2) is 16.4 Å². The largest absolute Gasteiger partial charge is 0.420 e. The van der Waals surface area contributed by atoms with Crippen LogP contribution in [0.5, 0.6) is 0 Å². The molecule has 2 N–H and O–H groups in total. The van der Waals surface area contributed by atoms with E-state index in [2.05, 4.69) is 10.9 Å². The molecule has 6 rings (SSSR count). The van der Waals surface area contributed by atoms with Gasteiger partial charge < -0.3 is 4.42 Å². The van der Waals surface area contributed by atoms with Crippen molar-refractivity contribution in [3.63, 3.8) is 0 Å². The number of benzene rings is 1. The summed E-state index contributed by atoms with van der Waals surface area (Å²) in [5, 5.41) is 0. The first-order valence-corrected chi connectivity index (χ1v) is 10.2. The van der Waals surface area contributed by atoms with Crippen LogP contribution in [0.4, 0.5) is 0 Å². The first-order chi connectivity index (χ1) is 13.5. The molecular weight excluding hydrogens is 358 g/mol. The van der Waals surface area contributed by atoms with Crippen LogP contribution in [0.1, 0.15) is 44.9 Å². The molecule has 7 nitrogen and oxygen atoms in total. The fourth-order valence-electron chi connectivity index (χ4n) is 6.38. The van der Waals surface area contributed by atoms with Gasteiger partial charge in [0.2, 0.25) is 5.91 Å². The lowest BCUT2D eigenvalue weighted by Gasteiger charge is -2.56. The average Bonchev–Trinajstić information content (AvgIpc) is 2.94. The molecule has 1 aromatic carbocycles. The molecule has 1 heterocycles. The van der Waals surface area contributed by atoms with Crippen molar-refractivity contribution in [2.24, 2.45) is 23.2 Å². The van der Waals surface area contributed by atoms with Gasteiger partial charge in [0.05, 0.1) is 5.52 Å². The second kappa shape index (κ2) is 6.50. The van der Waals surface area contributed by atoms with E-state index in [0.717, 1.165) is 37.0 Å². The van der Waals surface area contributed by atoms with E-state index >= 15 is 0 Å². The number of rotatable bonds is 4. The SMILES string of the molecule is O=C(Cn1c(=O)oc2ccccc21)NNC(=O)CC12CC3CC(CC(C3)C1)C2. The van der Waals surface area contributed by atoms with Crippen LogP contribution in [0, 0.1) is 23.2 Å². The maximum atomic E-state index is 12.5. The molecule has 0 aliphatic heterocycles. The summed E-state index contributed by atoms with van der Waals surface area (Å²) in [6.07, 6.45) is 7.94. The average molecular weight is 383 g/mol. The lowest BCUT2D eigenvalue weighted by atomic mass is 9.49. The van der Waals surface area contributed by atoms with Gasteiger partial charge in [0.1, 0.15) is 6.54 Å². The predicted octanol–water partition coefficient (Wildman–Crippen LogP) is 2.35. The number of fused-ring (bicyclic) bond motifs is 1. The van der Waals surface area contributed by atoms with E-state index in [1.807, 2.05) is 0 Å². The summed E-state index contributed by atoms with van der Waals surface area (Å²) in [5.41, 5.74) is 6.13. The molecule has 4 fully saturated rings. The molecule has 4 bridgehead atoms. The monoisotopic (exact) mass is 383 g/mol. The van der Waals surface area contributed by atoms with Gasteiger partial charge in [0.15, 0.2) is 5.58 Å². The summed E-state index contributed by atoms with van der Waals surface area (Å²) in [6, 6.07) is 6.94. The molecule has 1 aromatic heterocycles. The van der Waals surface area contributed by atoms with Crippen LogP contribution in [0.3, 0.4) is 0 Å². The highest BCUT2D eigenvalue weighted by atomic mass is 16.4. The minimum Gasteiger partial charge on any atom is -0.408 e. The van der Waals surface area contributed by atoms with Gasteiger partial charge in [-0.1, -0.05) is 12.1 Å². The number of hydrogen-bond acceptors (Lipinski definition) is 4. The Labute approximate surface area is 162 Å². The third kappa shape index (κ3) is 3.12. The number of aromatic nitrogens is 1. The molecule has 4 saturated carbocycles. The molecule has 0 radical (unpaired) electrons. The van der Waals surface area contributed by atoms with Gasteiger partial charge in [-0.05, 0) is 73.8 Å². The molecule has 4 aliphatic rings. The van der Waals surface area contributed by atoms with E-state index in [1.165, 1.54) is 23.8 Å². The van der Waals surface area contributed by atoms with Crippen LogP contribution >= 0.6 is 0 Å². The van der Waals surface area contributed by atoms with E-state index < -0.39 is 11.7 Å². The van der Waals surface area contributed by atoms with Gasteiger partial charge in [-0.3, -0.25) is 25.0 Å². The highest BCUT2D eigenvalue weighted by Crippen LogP contribution is 2.61. The Morgan fingerprint density at radius 1 is 1.00 bits per heavy atom. The predicted molar refractivity (Wildman–Crippen MR) is 102 cm³/mol. The number of nitrogens with zero attached hydrogens (tertiary/aromatic N) is 1. The van der Waals surface area contributed by atoms with Crippen molar-refractivity contribution < 1.29 is 14.0 Å². The molecule has 28 heavy (non-hydrogen) atoms. The number of oxazole rings is 1. The quantitative estimate of drug-likeness (QED) is 0.793. The molecule has 0 saturated heterocycles. The van der Waals surface area contributed by atoms with Gasteiger partial charge in [-0.25, -0.2) is 4.79 Å². The Bertz CT molecular complexity index is 954. The van der Waals surface area contributed by atoms with Crippen molar-refractivity contribution in [3.05, 3.63) is 34.8 Å². The van der Waals surface area contributed by atoms with Gasteiger partial charge in [0, 0.05) is 6.42 Å². The zero-order valence-electron chi connectivity index (χ0n) is 15.8. The summed E-state index contributed by atoms with van der Waals surface area (Å²) < 4.78 is 6.38. The molecule has 2 aromatic rings. The number of carbonyl (C=O) groups excluding carboxylic acids is 2. The fourth-order valence-corrected chi connectivity index (χ4v) is 6.38. The maximum Gasteiger partial charge on any atom is 0.420 e. The lowest BCUT2D eigenvalue weighted by molar-refractivity contribution is -0.134. The summed E-state index contributed by atoms with van der Waals surface area (Å²) in [5.74, 6) is 1.18. The summed E-state index contributed by atoms with van der Waals surface area (Å²) >= 11 is 0. The van der Waals surface area contributed by atoms with Crippen LogP contribution in [0.25, 0.3) is 11.1 Å². The van der Waals surface area contributed by atoms with Gasteiger partial charge in [-0.2, -0.15) is 0 Å². The Morgan fingerprint density at radius 3 is 2.29 bits per heavy atom. The normalized spacial score (nSPS) is 30.5. The molecular formula is C21H25N3O4.